The summed E-state index contributed by atoms with van der Waals surface area (Å²) in [6.07, 6.45) is 3.97. The van der Waals surface area contributed by atoms with Crippen LogP contribution < -0.4 is 0 Å². The number of hydrogen-bond donors (Lipinski definition) is 1. The fraction of sp³-hybridized carbons (Fsp3) is 0.647. The van der Waals surface area contributed by atoms with Crippen LogP contribution in [0.5, 0.6) is 0 Å². The van der Waals surface area contributed by atoms with E-state index in [0.29, 0.717) is 5.92 Å². The molecule has 1 heteroatoms. The van der Waals surface area contributed by atoms with Crippen molar-refractivity contribution in [2.45, 2.75) is 64.9 Å². The van der Waals surface area contributed by atoms with Gasteiger partial charge in [0.05, 0.1) is 6.10 Å². The molecule has 0 radical (unpaired) electrons. The molecule has 1 aromatic carbocycles. The minimum atomic E-state index is -0.190. The fourth-order valence-electron chi connectivity index (χ4n) is 2.92. The molecule has 18 heavy (non-hydrogen) atoms. The molecule has 0 saturated carbocycles. The van der Waals surface area contributed by atoms with E-state index in [2.05, 4.69) is 58.0 Å². The summed E-state index contributed by atoms with van der Waals surface area (Å²) in [6, 6.07) is 10.6. The van der Waals surface area contributed by atoms with Crippen molar-refractivity contribution in [3.05, 3.63) is 35.9 Å². The molecule has 102 valence electrons. The first-order chi connectivity index (χ1) is 8.54. The second-order valence-corrected chi connectivity index (χ2v) is 5.84. The van der Waals surface area contributed by atoms with Gasteiger partial charge in [-0.15, -0.1) is 0 Å². The molecule has 0 fully saturated rings. The molecule has 0 amide bonds. The Balaban J connectivity index is 2.96. The van der Waals surface area contributed by atoms with Crippen LogP contribution in [0.15, 0.2) is 30.3 Å². The third-order valence-electron chi connectivity index (χ3n) is 4.09. The lowest BCUT2D eigenvalue weighted by Crippen LogP contribution is -2.37. The Kier molecular flexibility index (Phi) is 5.87. The first-order valence-corrected chi connectivity index (χ1v) is 7.27. The van der Waals surface area contributed by atoms with Gasteiger partial charge in [0.2, 0.25) is 0 Å². The molecular weight excluding hydrogens is 220 g/mol. The average Bonchev–Trinajstić information content (AvgIpc) is 2.37. The molecule has 1 N–H and O–H groups in total. The lowest BCUT2D eigenvalue weighted by Gasteiger charge is -2.38. The van der Waals surface area contributed by atoms with Gasteiger partial charge in [-0.1, -0.05) is 70.9 Å². The van der Waals surface area contributed by atoms with E-state index in [4.69, 9.17) is 0 Å². The lowest BCUT2D eigenvalue weighted by molar-refractivity contribution is 0.0533. The summed E-state index contributed by atoms with van der Waals surface area (Å²) in [5, 5.41) is 10.4. The maximum atomic E-state index is 10.4. The predicted molar refractivity (Wildman–Crippen MR) is 78.8 cm³/mol. The number of benzene rings is 1. The molecule has 0 saturated heterocycles. The van der Waals surface area contributed by atoms with E-state index in [1.807, 2.05) is 0 Å². The van der Waals surface area contributed by atoms with E-state index in [9.17, 15) is 5.11 Å². The smallest absolute Gasteiger partial charge is 0.0576 e. The van der Waals surface area contributed by atoms with Crippen molar-refractivity contribution in [2.75, 3.05) is 0 Å². The Morgan fingerprint density at radius 3 is 2.06 bits per heavy atom. The topological polar surface area (TPSA) is 20.2 Å². The molecule has 0 bridgehead atoms. The van der Waals surface area contributed by atoms with E-state index in [0.717, 1.165) is 25.7 Å². The molecule has 0 spiro atoms. The van der Waals surface area contributed by atoms with Gasteiger partial charge in [0.25, 0.3) is 0 Å². The van der Waals surface area contributed by atoms with Crippen LogP contribution in [0.3, 0.4) is 0 Å². The van der Waals surface area contributed by atoms with Gasteiger partial charge < -0.3 is 5.11 Å². The average molecular weight is 248 g/mol. The Bertz CT molecular complexity index is 329. The van der Waals surface area contributed by atoms with Crippen LogP contribution in [0.4, 0.5) is 0 Å². The van der Waals surface area contributed by atoms with Crippen LogP contribution in [-0.4, -0.2) is 11.2 Å². The standard InChI is InChI=1S/C17H28O/c1-5-10-15(16(18)11-6-2)17(3,4)14-12-8-7-9-13-14/h7-9,12-13,15-16,18H,5-6,10-11H2,1-4H3. The maximum Gasteiger partial charge on any atom is 0.0576 e. The van der Waals surface area contributed by atoms with Crippen LogP contribution in [0.25, 0.3) is 0 Å². The van der Waals surface area contributed by atoms with Gasteiger partial charge in [-0.2, -0.15) is 0 Å². The summed E-state index contributed by atoms with van der Waals surface area (Å²) in [6.45, 7) is 8.87. The number of hydrogen-bond acceptors (Lipinski definition) is 1. The molecule has 0 aromatic heterocycles. The van der Waals surface area contributed by atoms with Crippen molar-refractivity contribution in [1.82, 2.24) is 0 Å². The van der Waals surface area contributed by atoms with Crippen molar-refractivity contribution in [3.8, 4) is 0 Å². The van der Waals surface area contributed by atoms with Crippen molar-refractivity contribution in [1.29, 1.82) is 0 Å². The fourth-order valence-corrected chi connectivity index (χ4v) is 2.92. The Hall–Kier alpha value is -0.820. The van der Waals surface area contributed by atoms with Gasteiger partial charge in [-0.25, -0.2) is 0 Å². The van der Waals surface area contributed by atoms with Crippen LogP contribution in [-0.2, 0) is 5.41 Å². The van der Waals surface area contributed by atoms with E-state index in [1.54, 1.807) is 0 Å². The number of aliphatic hydroxyl groups excluding tert-OH is 1. The first kappa shape index (κ1) is 15.2. The Labute approximate surface area is 112 Å². The summed E-state index contributed by atoms with van der Waals surface area (Å²) in [5.74, 6) is 0.338. The largest absolute Gasteiger partial charge is 0.393 e. The molecule has 0 heterocycles. The quantitative estimate of drug-likeness (QED) is 0.751. The van der Waals surface area contributed by atoms with E-state index in [-0.39, 0.29) is 11.5 Å². The molecular formula is C17H28O. The number of aliphatic hydroxyl groups is 1. The minimum Gasteiger partial charge on any atom is -0.393 e. The Morgan fingerprint density at radius 1 is 1.00 bits per heavy atom. The minimum absolute atomic E-state index is 0.0336. The summed E-state index contributed by atoms with van der Waals surface area (Å²) in [4.78, 5) is 0. The van der Waals surface area contributed by atoms with Gasteiger partial charge in [0, 0.05) is 0 Å². The van der Waals surface area contributed by atoms with E-state index in [1.165, 1.54) is 5.56 Å². The highest BCUT2D eigenvalue weighted by Crippen LogP contribution is 2.37. The normalized spacial score (nSPS) is 15.4. The molecule has 1 aromatic rings. The van der Waals surface area contributed by atoms with Crippen LogP contribution in [0, 0.1) is 5.92 Å². The molecule has 0 aliphatic rings. The third-order valence-corrected chi connectivity index (χ3v) is 4.09. The van der Waals surface area contributed by atoms with Crippen molar-refractivity contribution < 1.29 is 5.11 Å². The zero-order valence-electron chi connectivity index (χ0n) is 12.3. The molecule has 2 atom stereocenters. The second kappa shape index (κ2) is 6.94. The lowest BCUT2D eigenvalue weighted by atomic mass is 9.68. The zero-order chi connectivity index (χ0) is 13.6. The van der Waals surface area contributed by atoms with Crippen molar-refractivity contribution >= 4 is 0 Å². The molecule has 0 aliphatic heterocycles. The van der Waals surface area contributed by atoms with Crippen molar-refractivity contribution in [3.63, 3.8) is 0 Å². The maximum absolute atomic E-state index is 10.4. The highest BCUT2D eigenvalue weighted by atomic mass is 16.3. The zero-order valence-corrected chi connectivity index (χ0v) is 12.3. The highest BCUT2D eigenvalue weighted by molar-refractivity contribution is 5.25. The summed E-state index contributed by atoms with van der Waals surface area (Å²) in [5.41, 5.74) is 1.37. The highest BCUT2D eigenvalue weighted by Gasteiger charge is 2.34. The van der Waals surface area contributed by atoms with E-state index >= 15 is 0 Å². The van der Waals surface area contributed by atoms with E-state index < -0.39 is 0 Å². The van der Waals surface area contributed by atoms with Crippen LogP contribution in [0.2, 0.25) is 0 Å². The summed E-state index contributed by atoms with van der Waals surface area (Å²) >= 11 is 0. The number of rotatable bonds is 7. The van der Waals surface area contributed by atoms with Gasteiger partial charge >= 0.3 is 0 Å². The molecule has 1 nitrogen and oxygen atoms in total. The third kappa shape index (κ3) is 3.58. The first-order valence-electron chi connectivity index (χ1n) is 7.27. The SMILES string of the molecule is CCCC(O)C(CCC)C(C)(C)c1ccccc1. The van der Waals surface area contributed by atoms with Gasteiger partial charge in [-0.05, 0) is 29.7 Å². The monoisotopic (exact) mass is 248 g/mol. The van der Waals surface area contributed by atoms with Crippen LogP contribution >= 0.6 is 0 Å². The molecule has 0 aliphatic carbocycles. The second-order valence-electron chi connectivity index (χ2n) is 5.84. The molecule has 2 unspecified atom stereocenters. The van der Waals surface area contributed by atoms with Gasteiger partial charge in [0.15, 0.2) is 0 Å². The van der Waals surface area contributed by atoms with Crippen LogP contribution in [0.1, 0.15) is 58.9 Å². The van der Waals surface area contributed by atoms with Gasteiger partial charge in [-0.3, -0.25) is 0 Å². The Morgan fingerprint density at radius 2 is 1.56 bits per heavy atom. The van der Waals surface area contributed by atoms with Gasteiger partial charge in [0.1, 0.15) is 0 Å². The summed E-state index contributed by atoms with van der Waals surface area (Å²) in [7, 11) is 0. The molecule has 1 rings (SSSR count). The summed E-state index contributed by atoms with van der Waals surface area (Å²) < 4.78 is 0. The predicted octanol–water partition coefficient (Wildman–Crippen LogP) is 4.54. The van der Waals surface area contributed by atoms with Crippen molar-refractivity contribution in [2.24, 2.45) is 5.92 Å².